The molecule has 2 aromatic carbocycles. The Morgan fingerprint density at radius 3 is 2.50 bits per heavy atom. The first-order valence-electron chi connectivity index (χ1n) is 7.79. The van der Waals surface area contributed by atoms with Crippen molar-refractivity contribution in [2.24, 2.45) is 0 Å². The van der Waals surface area contributed by atoms with E-state index in [0.29, 0.717) is 27.9 Å². The molecule has 4 rings (SSSR count). The van der Waals surface area contributed by atoms with Crippen LogP contribution in [0.2, 0.25) is 5.02 Å². The summed E-state index contributed by atoms with van der Waals surface area (Å²) in [6, 6.07) is 17.8. The van der Waals surface area contributed by atoms with Crippen molar-refractivity contribution in [3.05, 3.63) is 82.4 Å². The van der Waals surface area contributed by atoms with Gasteiger partial charge in [0.25, 0.3) is 5.56 Å². The molecule has 0 radical (unpaired) electrons. The molecule has 0 unspecified atom stereocenters. The van der Waals surface area contributed by atoms with Crippen LogP contribution in [0, 0.1) is 0 Å². The monoisotopic (exact) mass is 364 g/mol. The van der Waals surface area contributed by atoms with Gasteiger partial charge in [0.2, 0.25) is 5.82 Å². The molecule has 0 spiro atoms. The van der Waals surface area contributed by atoms with Gasteiger partial charge >= 0.3 is 0 Å². The lowest BCUT2D eigenvalue weighted by molar-refractivity contribution is 0.809. The molecule has 2 aromatic heterocycles. The van der Waals surface area contributed by atoms with Crippen molar-refractivity contribution in [2.75, 3.05) is 5.32 Å². The van der Waals surface area contributed by atoms with Crippen LogP contribution in [0.15, 0.2) is 71.8 Å². The molecule has 2 N–H and O–H groups in total. The zero-order valence-electron chi connectivity index (χ0n) is 13.4. The van der Waals surface area contributed by atoms with Crippen molar-refractivity contribution in [2.45, 2.75) is 0 Å². The molecule has 26 heavy (non-hydrogen) atoms. The van der Waals surface area contributed by atoms with Gasteiger partial charge in [-0.2, -0.15) is 14.9 Å². The van der Waals surface area contributed by atoms with E-state index in [0.717, 1.165) is 5.69 Å². The number of nitrogens with zero attached hydrogens (tertiary/aromatic N) is 4. The Morgan fingerprint density at radius 2 is 1.81 bits per heavy atom. The van der Waals surface area contributed by atoms with Gasteiger partial charge in [-0.05, 0) is 36.4 Å². The molecule has 0 aliphatic heterocycles. The number of aromatic nitrogens is 5. The summed E-state index contributed by atoms with van der Waals surface area (Å²) in [5.74, 6) is 0.381. The Kier molecular flexibility index (Phi) is 4.20. The van der Waals surface area contributed by atoms with Gasteiger partial charge in [-0.25, -0.2) is 4.98 Å². The van der Waals surface area contributed by atoms with Crippen molar-refractivity contribution < 1.29 is 0 Å². The number of rotatable bonds is 4. The second-order valence-corrected chi connectivity index (χ2v) is 5.88. The van der Waals surface area contributed by atoms with Crippen LogP contribution in [-0.2, 0) is 0 Å². The summed E-state index contributed by atoms with van der Waals surface area (Å²) in [4.78, 5) is 16.8. The second kappa shape index (κ2) is 6.81. The molecule has 8 heteroatoms. The highest BCUT2D eigenvalue weighted by molar-refractivity contribution is 6.30. The van der Waals surface area contributed by atoms with Crippen LogP contribution < -0.4 is 10.9 Å². The van der Waals surface area contributed by atoms with Crippen LogP contribution in [0.4, 0.5) is 11.4 Å². The first-order valence-corrected chi connectivity index (χ1v) is 8.17. The highest BCUT2D eigenvalue weighted by atomic mass is 35.5. The highest BCUT2D eigenvalue weighted by Crippen LogP contribution is 2.25. The maximum Gasteiger partial charge on any atom is 0.273 e. The zero-order valence-corrected chi connectivity index (χ0v) is 14.2. The first-order chi connectivity index (χ1) is 12.7. The van der Waals surface area contributed by atoms with Crippen molar-refractivity contribution in [1.82, 2.24) is 25.0 Å². The Balaban J connectivity index is 1.85. The third-order valence-corrected chi connectivity index (χ3v) is 3.93. The van der Waals surface area contributed by atoms with Crippen molar-refractivity contribution in [3.8, 4) is 17.2 Å². The van der Waals surface area contributed by atoms with Crippen molar-refractivity contribution in [1.29, 1.82) is 0 Å². The van der Waals surface area contributed by atoms with Gasteiger partial charge in [-0.3, -0.25) is 9.89 Å². The minimum atomic E-state index is -0.287. The molecule has 7 nitrogen and oxygen atoms in total. The lowest BCUT2D eigenvalue weighted by Gasteiger charge is -2.12. The largest absolute Gasteiger partial charge is 0.353 e. The summed E-state index contributed by atoms with van der Waals surface area (Å²) < 4.78 is 1.29. The zero-order chi connectivity index (χ0) is 17.9. The number of anilines is 2. The molecular formula is C18H13ClN6O. The average Bonchev–Trinajstić information content (AvgIpc) is 3.18. The quantitative estimate of drug-likeness (QED) is 0.579. The molecule has 0 saturated carbocycles. The smallest absolute Gasteiger partial charge is 0.273 e. The fraction of sp³-hybridized carbons (Fsp3) is 0. The van der Waals surface area contributed by atoms with E-state index in [1.165, 1.54) is 17.1 Å². The second-order valence-electron chi connectivity index (χ2n) is 5.45. The number of halogens is 1. The number of H-pyrrole nitrogens is 1. The normalized spacial score (nSPS) is 10.7. The van der Waals surface area contributed by atoms with Crippen molar-refractivity contribution in [3.63, 3.8) is 0 Å². The third kappa shape index (κ3) is 3.20. The first kappa shape index (κ1) is 16.0. The summed E-state index contributed by atoms with van der Waals surface area (Å²) in [7, 11) is 0. The molecule has 0 saturated heterocycles. The van der Waals surface area contributed by atoms with E-state index in [1.807, 2.05) is 30.3 Å². The molecule has 0 aliphatic carbocycles. The fourth-order valence-electron chi connectivity index (χ4n) is 2.48. The maximum atomic E-state index is 12.6. The Labute approximate surface area is 153 Å². The van der Waals surface area contributed by atoms with E-state index in [1.54, 1.807) is 24.3 Å². The van der Waals surface area contributed by atoms with E-state index in [4.69, 9.17) is 11.6 Å². The summed E-state index contributed by atoms with van der Waals surface area (Å²) in [5.41, 5.74) is 2.11. The van der Waals surface area contributed by atoms with Crippen LogP contribution >= 0.6 is 11.6 Å². The third-order valence-electron chi connectivity index (χ3n) is 3.68. The number of para-hydroxylation sites is 1. The summed E-state index contributed by atoms with van der Waals surface area (Å²) in [6.45, 7) is 0. The Bertz CT molecular complexity index is 1080. The summed E-state index contributed by atoms with van der Waals surface area (Å²) >= 11 is 5.93. The topological polar surface area (TPSA) is 88.5 Å². The molecule has 2 heterocycles. The van der Waals surface area contributed by atoms with Crippen LogP contribution in [-0.4, -0.2) is 25.0 Å². The van der Waals surface area contributed by atoms with Crippen LogP contribution in [0.3, 0.4) is 0 Å². The molecule has 0 aliphatic rings. The molecular weight excluding hydrogens is 352 g/mol. The molecule has 4 aromatic rings. The van der Waals surface area contributed by atoms with E-state index in [-0.39, 0.29) is 5.56 Å². The Morgan fingerprint density at radius 1 is 1.04 bits per heavy atom. The summed E-state index contributed by atoms with van der Waals surface area (Å²) in [6.07, 6.45) is 1.46. The predicted octanol–water partition coefficient (Wildman–Crippen LogP) is 3.41. The number of hydrogen-bond donors (Lipinski definition) is 2. The van der Waals surface area contributed by atoms with Crippen molar-refractivity contribution >= 4 is 23.0 Å². The van der Waals surface area contributed by atoms with Gasteiger partial charge in [0.1, 0.15) is 6.33 Å². The fourth-order valence-corrected chi connectivity index (χ4v) is 2.61. The molecule has 0 fully saturated rings. The van der Waals surface area contributed by atoms with Crippen LogP contribution in [0.5, 0.6) is 0 Å². The SMILES string of the molecule is O=c1cc(Nc2ccccc2)c(-c2nc[nH]n2)nn1-c1ccc(Cl)cc1. The molecule has 128 valence electrons. The van der Waals surface area contributed by atoms with E-state index >= 15 is 0 Å². The highest BCUT2D eigenvalue weighted by Gasteiger charge is 2.15. The van der Waals surface area contributed by atoms with Gasteiger partial charge in [-0.1, -0.05) is 29.8 Å². The van der Waals surface area contributed by atoms with Crippen LogP contribution in [0.25, 0.3) is 17.2 Å². The van der Waals surface area contributed by atoms with E-state index in [2.05, 4.69) is 25.6 Å². The van der Waals surface area contributed by atoms with Gasteiger partial charge in [-0.15, -0.1) is 0 Å². The lowest BCUT2D eigenvalue weighted by atomic mass is 10.2. The van der Waals surface area contributed by atoms with Gasteiger partial charge in [0, 0.05) is 16.8 Å². The number of benzene rings is 2. The van der Waals surface area contributed by atoms with E-state index < -0.39 is 0 Å². The van der Waals surface area contributed by atoms with Gasteiger partial charge < -0.3 is 5.32 Å². The summed E-state index contributed by atoms with van der Waals surface area (Å²) in [5, 5.41) is 15.0. The minimum Gasteiger partial charge on any atom is -0.353 e. The minimum absolute atomic E-state index is 0.287. The van der Waals surface area contributed by atoms with Gasteiger partial charge in [0.05, 0.1) is 11.4 Å². The Hall–Kier alpha value is -3.45. The number of hydrogen-bond acceptors (Lipinski definition) is 5. The lowest BCUT2D eigenvalue weighted by Crippen LogP contribution is -2.22. The molecule has 0 bridgehead atoms. The number of aromatic amines is 1. The van der Waals surface area contributed by atoms with Crippen LogP contribution in [0.1, 0.15) is 0 Å². The number of nitrogens with one attached hydrogen (secondary N) is 2. The molecule has 0 amide bonds. The average molecular weight is 365 g/mol. The maximum absolute atomic E-state index is 12.6. The van der Waals surface area contributed by atoms with Gasteiger partial charge in [0.15, 0.2) is 5.69 Å². The molecule has 0 atom stereocenters. The predicted molar refractivity (Wildman–Crippen MR) is 99.9 cm³/mol. The standard InChI is InChI=1S/C18H13ClN6O/c19-12-6-8-14(9-7-12)25-16(26)10-15(22-13-4-2-1-3-5-13)17(24-25)18-20-11-21-23-18/h1-11,22H,(H,20,21,23). The van der Waals surface area contributed by atoms with E-state index in [9.17, 15) is 4.79 Å².